The monoisotopic (exact) mass is 288 g/mol. The van der Waals surface area contributed by atoms with Crippen molar-refractivity contribution in [3.63, 3.8) is 0 Å². The predicted molar refractivity (Wildman–Crippen MR) is 81.0 cm³/mol. The van der Waals surface area contributed by atoms with E-state index in [1.807, 2.05) is 25.1 Å². The Morgan fingerprint density at radius 2 is 2.15 bits per heavy atom. The first-order valence-electron chi connectivity index (χ1n) is 6.05. The zero-order valence-electron chi connectivity index (χ0n) is 11.1. The van der Waals surface area contributed by atoms with Crippen molar-refractivity contribution < 1.29 is 4.79 Å². The van der Waals surface area contributed by atoms with Crippen LogP contribution in [0.4, 0.5) is 5.69 Å². The number of aromatic nitrogens is 1. The van der Waals surface area contributed by atoms with Crippen molar-refractivity contribution in [1.82, 2.24) is 10.4 Å². The van der Waals surface area contributed by atoms with Gasteiger partial charge in [0.15, 0.2) is 0 Å². The molecule has 0 aliphatic rings. The number of hydrogen-bond acceptors (Lipinski definition) is 5. The molecule has 0 radical (unpaired) electrons. The molecule has 0 bridgehead atoms. The van der Waals surface area contributed by atoms with Crippen LogP contribution < -0.4 is 17.0 Å². The van der Waals surface area contributed by atoms with Crippen LogP contribution in [0.15, 0.2) is 41.4 Å². The Kier molecular flexibility index (Phi) is 4.60. The summed E-state index contributed by atoms with van der Waals surface area (Å²) in [7, 11) is 0. The van der Waals surface area contributed by atoms with Crippen LogP contribution in [0.25, 0.3) is 0 Å². The van der Waals surface area contributed by atoms with Crippen molar-refractivity contribution >= 4 is 23.4 Å². The summed E-state index contributed by atoms with van der Waals surface area (Å²) in [6.45, 7) is 1.98. The molecule has 20 heavy (non-hydrogen) atoms. The number of anilines is 1. The van der Waals surface area contributed by atoms with Crippen molar-refractivity contribution in [1.29, 1.82) is 0 Å². The Morgan fingerprint density at radius 3 is 2.75 bits per heavy atom. The summed E-state index contributed by atoms with van der Waals surface area (Å²) in [4.78, 5) is 16.7. The summed E-state index contributed by atoms with van der Waals surface area (Å²) < 4.78 is 0. The van der Waals surface area contributed by atoms with Gasteiger partial charge in [0, 0.05) is 22.5 Å². The molecule has 1 heterocycles. The lowest BCUT2D eigenvalue weighted by Gasteiger charge is -2.05. The molecule has 0 fully saturated rings. The Bertz CT molecular complexity index is 613. The minimum Gasteiger partial charge on any atom is -0.399 e. The zero-order valence-corrected chi connectivity index (χ0v) is 11.9. The molecule has 0 unspecified atom stereocenters. The number of carbonyl (C=O) groups excluding carboxylic acids is 1. The maximum absolute atomic E-state index is 11.3. The molecular weight excluding hydrogens is 272 g/mol. The summed E-state index contributed by atoms with van der Waals surface area (Å²) in [6.07, 6.45) is 1.52. The van der Waals surface area contributed by atoms with Gasteiger partial charge in [-0.25, -0.2) is 5.84 Å². The van der Waals surface area contributed by atoms with Crippen LogP contribution >= 0.6 is 11.8 Å². The van der Waals surface area contributed by atoms with Crippen LogP contribution in [0.2, 0.25) is 0 Å². The lowest BCUT2D eigenvalue weighted by Crippen LogP contribution is -2.30. The third kappa shape index (κ3) is 3.49. The molecule has 0 aliphatic heterocycles. The van der Waals surface area contributed by atoms with Crippen LogP contribution in [-0.4, -0.2) is 10.9 Å². The Balaban J connectivity index is 2.00. The first-order valence-corrected chi connectivity index (χ1v) is 7.03. The average molecular weight is 288 g/mol. The Labute approximate surface area is 121 Å². The van der Waals surface area contributed by atoms with Crippen molar-refractivity contribution in [2.45, 2.75) is 17.6 Å². The minimum atomic E-state index is -0.342. The average Bonchev–Trinajstić information content (AvgIpc) is 2.48. The van der Waals surface area contributed by atoms with Gasteiger partial charge in [-0.2, -0.15) is 0 Å². The lowest BCUT2D eigenvalue weighted by atomic mass is 10.2. The smallest absolute Gasteiger partial charge is 0.266 e. The topological polar surface area (TPSA) is 94.0 Å². The van der Waals surface area contributed by atoms with Gasteiger partial charge in [-0.15, -0.1) is 11.8 Å². The van der Waals surface area contributed by atoms with E-state index < -0.39 is 0 Å². The number of nitrogens with two attached hydrogens (primary N) is 2. The fourth-order valence-corrected chi connectivity index (χ4v) is 2.53. The standard InChI is InChI=1S/C14H16N4OS/c1-9-6-12(4-5-13(9)15)20-8-11-3-2-10(7-17-11)14(19)18-16/h2-7H,8,15-16H2,1H3,(H,18,19). The van der Waals surface area contributed by atoms with Crippen LogP contribution in [0.5, 0.6) is 0 Å². The molecule has 0 atom stereocenters. The molecule has 5 nitrogen and oxygen atoms in total. The molecule has 6 heteroatoms. The maximum Gasteiger partial charge on any atom is 0.266 e. The van der Waals surface area contributed by atoms with Gasteiger partial charge in [0.25, 0.3) is 5.91 Å². The lowest BCUT2D eigenvalue weighted by molar-refractivity contribution is 0.0953. The van der Waals surface area contributed by atoms with Gasteiger partial charge >= 0.3 is 0 Å². The quantitative estimate of drug-likeness (QED) is 0.262. The summed E-state index contributed by atoms with van der Waals surface area (Å²) in [5, 5.41) is 0. The molecule has 0 aliphatic carbocycles. The Morgan fingerprint density at radius 1 is 1.35 bits per heavy atom. The van der Waals surface area contributed by atoms with E-state index in [0.717, 1.165) is 27.6 Å². The third-order valence-electron chi connectivity index (χ3n) is 2.85. The molecule has 0 saturated heterocycles. The van der Waals surface area contributed by atoms with Crippen LogP contribution in [0.3, 0.4) is 0 Å². The number of hydrogen-bond donors (Lipinski definition) is 3. The number of amides is 1. The minimum absolute atomic E-state index is 0.342. The predicted octanol–water partition coefficient (Wildman–Crippen LogP) is 1.87. The number of hydrazine groups is 1. The van der Waals surface area contributed by atoms with E-state index in [2.05, 4.69) is 16.5 Å². The van der Waals surface area contributed by atoms with Gasteiger partial charge in [-0.1, -0.05) is 0 Å². The summed E-state index contributed by atoms with van der Waals surface area (Å²) in [5.74, 6) is 5.45. The van der Waals surface area contributed by atoms with Crippen LogP contribution in [0, 0.1) is 6.92 Å². The fourth-order valence-electron chi connectivity index (χ4n) is 1.62. The van der Waals surface area contributed by atoms with Crippen molar-refractivity contribution in [2.75, 3.05) is 5.73 Å². The van der Waals surface area contributed by atoms with E-state index in [1.54, 1.807) is 17.8 Å². The van der Waals surface area contributed by atoms with Crippen LogP contribution in [-0.2, 0) is 5.75 Å². The van der Waals surface area contributed by atoms with E-state index in [0.29, 0.717) is 5.56 Å². The van der Waals surface area contributed by atoms with E-state index in [9.17, 15) is 4.79 Å². The van der Waals surface area contributed by atoms with Gasteiger partial charge in [0.1, 0.15) is 0 Å². The largest absolute Gasteiger partial charge is 0.399 e. The summed E-state index contributed by atoms with van der Waals surface area (Å²) in [6, 6.07) is 9.47. The van der Waals surface area contributed by atoms with E-state index in [1.165, 1.54) is 6.20 Å². The highest BCUT2D eigenvalue weighted by Crippen LogP contribution is 2.25. The van der Waals surface area contributed by atoms with Gasteiger partial charge in [-0.3, -0.25) is 15.2 Å². The van der Waals surface area contributed by atoms with Crippen molar-refractivity contribution in [3.8, 4) is 0 Å². The number of aryl methyl sites for hydroxylation is 1. The molecular formula is C14H16N4OS. The van der Waals surface area contributed by atoms with Gasteiger partial charge in [0.2, 0.25) is 0 Å². The fraction of sp³-hybridized carbons (Fsp3) is 0.143. The normalized spacial score (nSPS) is 10.3. The highest BCUT2D eigenvalue weighted by Gasteiger charge is 2.04. The first kappa shape index (κ1) is 14.4. The molecule has 5 N–H and O–H groups in total. The molecule has 104 valence electrons. The highest BCUT2D eigenvalue weighted by molar-refractivity contribution is 7.98. The number of nitrogen functional groups attached to an aromatic ring is 2. The second kappa shape index (κ2) is 6.40. The van der Waals surface area contributed by atoms with E-state index in [4.69, 9.17) is 11.6 Å². The second-order valence-corrected chi connectivity index (χ2v) is 5.37. The molecule has 1 amide bonds. The van der Waals surface area contributed by atoms with E-state index >= 15 is 0 Å². The molecule has 2 aromatic rings. The number of pyridine rings is 1. The number of thioether (sulfide) groups is 1. The summed E-state index contributed by atoms with van der Waals surface area (Å²) >= 11 is 1.67. The second-order valence-electron chi connectivity index (χ2n) is 4.32. The molecule has 0 spiro atoms. The number of nitrogens with zero attached hydrogens (tertiary/aromatic N) is 1. The number of nitrogens with one attached hydrogen (secondary N) is 1. The maximum atomic E-state index is 11.3. The zero-order chi connectivity index (χ0) is 14.5. The third-order valence-corrected chi connectivity index (χ3v) is 3.87. The molecule has 2 rings (SSSR count). The number of benzene rings is 1. The first-order chi connectivity index (χ1) is 9.60. The van der Waals surface area contributed by atoms with Gasteiger partial charge in [-0.05, 0) is 42.8 Å². The number of carbonyl (C=O) groups is 1. The van der Waals surface area contributed by atoms with Crippen LogP contribution in [0.1, 0.15) is 21.6 Å². The van der Waals surface area contributed by atoms with E-state index in [-0.39, 0.29) is 5.91 Å². The SMILES string of the molecule is Cc1cc(SCc2ccc(C(=O)NN)cn2)ccc1N. The van der Waals surface area contributed by atoms with Gasteiger partial charge in [0.05, 0.1) is 11.3 Å². The van der Waals surface area contributed by atoms with Crippen molar-refractivity contribution in [2.24, 2.45) is 5.84 Å². The Hall–Kier alpha value is -2.05. The molecule has 0 saturated carbocycles. The van der Waals surface area contributed by atoms with Crippen molar-refractivity contribution in [3.05, 3.63) is 53.3 Å². The van der Waals surface area contributed by atoms with Gasteiger partial charge < -0.3 is 5.73 Å². The number of rotatable bonds is 4. The molecule has 1 aromatic heterocycles. The summed E-state index contributed by atoms with van der Waals surface area (Å²) in [5.41, 5.74) is 11.1. The highest BCUT2D eigenvalue weighted by atomic mass is 32.2. The molecule has 1 aromatic carbocycles.